The molecule has 6 aromatic rings. The molecule has 0 radical (unpaired) electrons. The highest BCUT2D eigenvalue weighted by Crippen LogP contribution is 2.32. The summed E-state index contributed by atoms with van der Waals surface area (Å²) in [5.74, 6) is 0.895. The zero-order valence-corrected chi connectivity index (χ0v) is 17.4. The number of rotatable bonds is 4. The van der Waals surface area contributed by atoms with Gasteiger partial charge in [-0.3, -0.25) is 15.1 Å². The van der Waals surface area contributed by atoms with Crippen LogP contribution >= 0.6 is 0 Å². The summed E-state index contributed by atoms with van der Waals surface area (Å²) in [6.07, 6.45) is 6.75. The molecule has 0 aliphatic carbocycles. The second-order valence-electron chi connectivity index (χ2n) is 7.45. The van der Waals surface area contributed by atoms with Crippen molar-refractivity contribution in [2.45, 2.75) is 0 Å². The largest absolute Gasteiger partial charge is 0.495 e. The Morgan fingerprint density at radius 2 is 1.91 bits per heavy atom. The van der Waals surface area contributed by atoms with Crippen LogP contribution in [-0.2, 0) is 0 Å². The summed E-state index contributed by atoms with van der Waals surface area (Å²) < 4.78 is 19.1. The number of imidazole rings is 1. The number of ether oxygens (including phenoxy) is 1. The van der Waals surface area contributed by atoms with Crippen molar-refractivity contribution >= 4 is 22.1 Å². The number of nitrogens with zero attached hydrogens (tertiary/aromatic N) is 5. The SMILES string of the molecule is COc1cncc(-c2cc3c(-c4nc5nccc(-c6cccc(F)c6)c5[nH]4)n[nH]c3cn2)c1. The molecule has 0 bridgehead atoms. The first-order valence-electron chi connectivity index (χ1n) is 10.1. The number of pyridine rings is 3. The molecule has 6 rings (SSSR count). The van der Waals surface area contributed by atoms with E-state index < -0.39 is 0 Å². The molecule has 0 fully saturated rings. The average molecular weight is 437 g/mol. The standard InChI is InChI=1S/C24H16FN7O/c1-33-16-8-14(10-26-11-16)19-9-18-20(12-28-19)31-32-22(18)24-29-21-17(5-6-27-23(21)30-24)13-3-2-4-15(25)7-13/h2-12H,1H3,(H,31,32)(H,27,29,30). The highest BCUT2D eigenvalue weighted by molar-refractivity contribution is 5.96. The van der Waals surface area contributed by atoms with Crippen LogP contribution in [0.1, 0.15) is 0 Å². The van der Waals surface area contributed by atoms with E-state index in [4.69, 9.17) is 4.74 Å². The molecule has 0 unspecified atom stereocenters. The highest BCUT2D eigenvalue weighted by Gasteiger charge is 2.17. The van der Waals surface area contributed by atoms with Crippen molar-refractivity contribution < 1.29 is 9.13 Å². The molecule has 0 aliphatic heterocycles. The normalized spacial score (nSPS) is 11.3. The van der Waals surface area contributed by atoms with Gasteiger partial charge in [0.05, 0.1) is 36.2 Å². The number of methoxy groups -OCH3 is 1. The Morgan fingerprint density at radius 3 is 2.79 bits per heavy atom. The number of fused-ring (bicyclic) bond motifs is 2. The molecule has 0 spiro atoms. The van der Waals surface area contributed by atoms with Gasteiger partial charge in [-0.2, -0.15) is 5.10 Å². The van der Waals surface area contributed by atoms with Crippen molar-refractivity contribution in [3.8, 4) is 39.7 Å². The number of benzene rings is 1. The minimum Gasteiger partial charge on any atom is -0.495 e. The van der Waals surface area contributed by atoms with Crippen molar-refractivity contribution in [1.82, 2.24) is 35.1 Å². The maximum absolute atomic E-state index is 13.8. The Bertz CT molecular complexity index is 1640. The van der Waals surface area contributed by atoms with Gasteiger partial charge in [0.1, 0.15) is 17.3 Å². The lowest BCUT2D eigenvalue weighted by Gasteiger charge is -2.04. The summed E-state index contributed by atoms with van der Waals surface area (Å²) in [6.45, 7) is 0. The summed E-state index contributed by atoms with van der Waals surface area (Å²) in [7, 11) is 1.60. The first kappa shape index (κ1) is 19.1. The molecule has 1 aromatic carbocycles. The minimum absolute atomic E-state index is 0.303. The number of hydrogen-bond acceptors (Lipinski definition) is 6. The molecule has 0 amide bonds. The van der Waals surface area contributed by atoms with Crippen LogP contribution in [0.2, 0.25) is 0 Å². The lowest BCUT2D eigenvalue weighted by molar-refractivity contribution is 0.413. The van der Waals surface area contributed by atoms with Crippen molar-refractivity contribution in [2.24, 2.45) is 0 Å². The Kier molecular flexibility index (Phi) is 4.32. The lowest BCUT2D eigenvalue weighted by Crippen LogP contribution is -1.89. The van der Waals surface area contributed by atoms with Gasteiger partial charge in [0, 0.05) is 28.9 Å². The van der Waals surface area contributed by atoms with E-state index in [0.717, 1.165) is 33.3 Å². The first-order valence-corrected chi connectivity index (χ1v) is 10.1. The van der Waals surface area contributed by atoms with E-state index in [1.54, 1.807) is 38.0 Å². The fourth-order valence-corrected chi connectivity index (χ4v) is 3.85. The predicted molar refractivity (Wildman–Crippen MR) is 122 cm³/mol. The summed E-state index contributed by atoms with van der Waals surface area (Å²) in [5, 5.41) is 8.30. The van der Waals surface area contributed by atoms with E-state index in [1.165, 1.54) is 12.1 Å². The number of aromatic amines is 2. The van der Waals surface area contributed by atoms with Gasteiger partial charge < -0.3 is 9.72 Å². The van der Waals surface area contributed by atoms with E-state index in [2.05, 4.69) is 35.1 Å². The third kappa shape index (κ3) is 3.26. The summed E-state index contributed by atoms with van der Waals surface area (Å²) in [4.78, 5) is 21.1. The summed E-state index contributed by atoms with van der Waals surface area (Å²) in [5.41, 5.74) is 5.73. The molecule has 0 saturated heterocycles. The monoisotopic (exact) mass is 437 g/mol. The predicted octanol–water partition coefficient (Wildman–Crippen LogP) is 4.77. The maximum atomic E-state index is 13.8. The van der Waals surface area contributed by atoms with Gasteiger partial charge >= 0.3 is 0 Å². The number of halogens is 1. The highest BCUT2D eigenvalue weighted by atomic mass is 19.1. The van der Waals surface area contributed by atoms with E-state index in [1.807, 2.05) is 24.3 Å². The Labute approximate surface area is 186 Å². The van der Waals surface area contributed by atoms with E-state index >= 15 is 0 Å². The maximum Gasteiger partial charge on any atom is 0.178 e. The zero-order chi connectivity index (χ0) is 22.4. The Balaban J connectivity index is 1.49. The molecule has 33 heavy (non-hydrogen) atoms. The van der Waals surface area contributed by atoms with E-state index in [-0.39, 0.29) is 5.82 Å². The van der Waals surface area contributed by atoms with Gasteiger partial charge in [-0.25, -0.2) is 14.4 Å². The number of hydrogen-bond donors (Lipinski definition) is 2. The minimum atomic E-state index is -0.303. The van der Waals surface area contributed by atoms with E-state index in [9.17, 15) is 4.39 Å². The van der Waals surface area contributed by atoms with Crippen molar-refractivity contribution in [3.05, 3.63) is 73.1 Å². The van der Waals surface area contributed by atoms with Gasteiger partial charge in [0.15, 0.2) is 11.5 Å². The third-order valence-electron chi connectivity index (χ3n) is 5.44. The Hall–Kier alpha value is -4.66. The van der Waals surface area contributed by atoms with Crippen LogP contribution in [-0.4, -0.2) is 42.2 Å². The molecule has 0 saturated carbocycles. The number of aromatic nitrogens is 7. The van der Waals surface area contributed by atoms with Gasteiger partial charge in [-0.05, 0) is 35.9 Å². The molecule has 8 nitrogen and oxygen atoms in total. The number of H-pyrrole nitrogens is 2. The summed E-state index contributed by atoms with van der Waals surface area (Å²) >= 11 is 0. The molecular formula is C24H16FN7O. The van der Waals surface area contributed by atoms with Crippen LogP contribution in [0.25, 0.3) is 56.0 Å². The van der Waals surface area contributed by atoms with Crippen LogP contribution in [0, 0.1) is 5.82 Å². The van der Waals surface area contributed by atoms with Crippen molar-refractivity contribution in [1.29, 1.82) is 0 Å². The van der Waals surface area contributed by atoms with Crippen molar-refractivity contribution in [3.63, 3.8) is 0 Å². The van der Waals surface area contributed by atoms with Crippen LogP contribution in [0.4, 0.5) is 4.39 Å². The van der Waals surface area contributed by atoms with Gasteiger partial charge in [0.2, 0.25) is 0 Å². The molecule has 5 heterocycles. The average Bonchev–Trinajstić information content (AvgIpc) is 3.47. The van der Waals surface area contributed by atoms with E-state index in [0.29, 0.717) is 28.4 Å². The zero-order valence-electron chi connectivity index (χ0n) is 17.4. The molecule has 0 atom stereocenters. The summed E-state index contributed by atoms with van der Waals surface area (Å²) in [6, 6.07) is 12.1. The third-order valence-corrected chi connectivity index (χ3v) is 5.44. The molecule has 160 valence electrons. The van der Waals surface area contributed by atoms with Crippen LogP contribution in [0.15, 0.2) is 67.3 Å². The smallest absolute Gasteiger partial charge is 0.178 e. The first-order chi connectivity index (χ1) is 16.2. The number of nitrogens with one attached hydrogen (secondary N) is 2. The molecule has 2 N–H and O–H groups in total. The molecule has 5 aromatic heterocycles. The molecular weight excluding hydrogens is 421 g/mol. The molecule has 9 heteroatoms. The van der Waals surface area contributed by atoms with Gasteiger partial charge in [-0.15, -0.1) is 0 Å². The molecule has 0 aliphatic rings. The van der Waals surface area contributed by atoms with Crippen LogP contribution < -0.4 is 4.74 Å². The van der Waals surface area contributed by atoms with Gasteiger partial charge in [-0.1, -0.05) is 12.1 Å². The topological polar surface area (TPSA) is 105 Å². The quantitative estimate of drug-likeness (QED) is 0.411. The van der Waals surface area contributed by atoms with Crippen LogP contribution in [0.5, 0.6) is 5.75 Å². The second kappa shape index (κ2) is 7.49. The lowest BCUT2D eigenvalue weighted by atomic mass is 10.1. The second-order valence-corrected chi connectivity index (χ2v) is 7.45. The van der Waals surface area contributed by atoms with Crippen molar-refractivity contribution in [2.75, 3.05) is 7.11 Å². The Morgan fingerprint density at radius 1 is 0.970 bits per heavy atom. The fourth-order valence-electron chi connectivity index (χ4n) is 3.85. The fraction of sp³-hybridized carbons (Fsp3) is 0.0417. The van der Waals surface area contributed by atoms with Crippen LogP contribution in [0.3, 0.4) is 0 Å². The van der Waals surface area contributed by atoms with Gasteiger partial charge in [0.25, 0.3) is 0 Å².